The Morgan fingerprint density at radius 2 is 1.90 bits per heavy atom. The van der Waals surface area contributed by atoms with Gasteiger partial charge in [0.2, 0.25) is 0 Å². The van der Waals surface area contributed by atoms with Crippen molar-refractivity contribution < 1.29 is 32.2 Å². The average Bonchev–Trinajstić information content (AvgIpc) is 2.35. The Balaban J connectivity index is 2.58. The maximum atomic E-state index is 12.1. The molecular weight excluding hydrogens is 277 g/mol. The van der Waals surface area contributed by atoms with Crippen LogP contribution in [0.2, 0.25) is 0 Å². The van der Waals surface area contributed by atoms with E-state index in [2.05, 4.69) is 9.47 Å². The van der Waals surface area contributed by atoms with Gasteiger partial charge in [0, 0.05) is 6.08 Å². The second kappa shape index (κ2) is 7.42. The molecule has 7 heteroatoms. The minimum absolute atomic E-state index is 0.0710. The molecule has 0 aromatic heterocycles. The topological polar surface area (TPSA) is 44.8 Å². The Morgan fingerprint density at radius 1 is 1.25 bits per heavy atom. The van der Waals surface area contributed by atoms with Crippen LogP contribution < -0.4 is 9.47 Å². The summed E-state index contributed by atoms with van der Waals surface area (Å²) in [5.41, 5.74) is 0. The first kappa shape index (κ1) is 15.9. The number of alkyl halides is 3. The number of hydrogen-bond donors (Lipinski definition) is 0. The van der Waals surface area contributed by atoms with Gasteiger partial charge in [0.05, 0.1) is 6.61 Å². The molecule has 1 aromatic rings. The van der Waals surface area contributed by atoms with Crippen LogP contribution in [0.25, 0.3) is 0 Å². The van der Waals surface area contributed by atoms with Gasteiger partial charge in [-0.25, -0.2) is 4.79 Å². The van der Waals surface area contributed by atoms with Crippen molar-refractivity contribution in [1.82, 2.24) is 0 Å². The Hall–Kier alpha value is -2.18. The smallest absolute Gasteiger partial charge is 0.486 e. The Kier molecular flexibility index (Phi) is 5.89. The van der Waals surface area contributed by atoms with Crippen LogP contribution in [-0.4, -0.2) is 25.5 Å². The highest BCUT2D eigenvalue weighted by molar-refractivity contribution is 5.81. The van der Waals surface area contributed by atoms with Crippen LogP contribution in [0.5, 0.6) is 11.5 Å². The molecular formula is C13H13F3O4. The number of carbonyl (C=O) groups is 1. The van der Waals surface area contributed by atoms with E-state index in [-0.39, 0.29) is 19.0 Å². The van der Waals surface area contributed by atoms with Crippen molar-refractivity contribution in [2.75, 3.05) is 13.2 Å². The fraction of sp³-hybridized carbons (Fsp3) is 0.308. The van der Waals surface area contributed by atoms with Crippen molar-refractivity contribution in [1.29, 1.82) is 0 Å². The summed E-state index contributed by atoms with van der Waals surface area (Å²) in [6.45, 7) is 1.82. The third-order valence-electron chi connectivity index (χ3n) is 1.95. The van der Waals surface area contributed by atoms with Gasteiger partial charge in [-0.3, -0.25) is 0 Å². The standard InChI is InChI=1S/C13H13F3O4/c1-2-18-12(17)8-5-9-19-10-6-3-4-7-11(10)20-13(14,15)16/h3-8H,2,9H2,1H3/b8-5+. The molecule has 20 heavy (non-hydrogen) atoms. The van der Waals surface area contributed by atoms with Gasteiger partial charge >= 0.3 is 12.3 Å². The maximum absolute atomic E-state index is 12.1. The summed E-state index contributed by atoms with van der Waals surface area (Å²) in [6, 6.07) is 5.37. The van der Waals surface area contributed by atoms with E-state index < -0.39 is 18.1 Å². The van der Waals surface area contributed by atoms with Crippen LogP contribution in [0.4, 0.5) is 13.2 Å². The lowest BCUT2D eigenvalue weighted by atomic mass is 10.3. The third kappa shape index (κ3) is 6.12. The molecule has 0 radical (unpaired) electrons. The Bertz CT molecular complexity index is 469. The SMILES string of the molecule is CCOC(=O)/C=C/COc1ccccc1OC(F)(F)F. The number of carbonyl (C=O) groups excluding carboxylic acids is 1. The van der Waals surface area contributed by atoms with Crippen LogP contribution in [0.15, 0.2) is 36.4 Å². The lowest BCUT2D eigenvalue weighted by molar-refractivity contribution is -0.275. The molecule has 1 rings (SSSR count). The number of ether oxygens (including phenoxy) is 3. The predicted molar refractivity (Wildman–Crippen MR) is 64.4 cm³/mol. The quantitative estimate of drug-likeness (QED) is 0.596. The minimum Gasteiger partial charge on any atom is -0.486 e. The van der Waals surface area contributed by atoms with E-state index in [0.717, 1.165) is 12.1 Å². The molecule has 0 spiro atoms. The van der Waals surface area contributed by atoms with Gasteiger partial charge in [0.15, 0.2) is 11.5 Å². The number of benzene rings is 1. The summed E-state index contributed by atoms with van der Waals surface area (Å²) < 4.78 is 50.0. The van der Waals surface area contributed by atoms with Crippen LogP contribution in [0.3, 0.4) is 0 Å². The molecule has 110 valence electrons. The van der Waals surface area contributed by atoms with Crippen LogP contribution in [0, 0.1) is 0 Å². The number of esters is 1. The molecule has 0 bridgehead atoms. The highest BCUT2D eigenvalue weighted by Crippen LogP contribution is 2.31. The molecule has 0 aliphatic rings. The molecule has 0 atom stereocenters. The van der Waals surface area contributed by atoms with Crippen molar-refractivity contribution in [3.63, 3.8) is 0 Å². The fourth-order valence-corrected chi connectivity index (χ4v) is 1.25. The first-order chi connectivity index (χ1) is 9.42. The molecule has 0 heterocycles. The molecule has 1 aromatic carbocycles. The van der Waals surface area contributed by atoms with Crippen molar-refractivity contribution in [2.45, 2.75) is 13.3 Å². The van der Waals surface area contributed by atoms with Gasteiger partial charge in [0.25, 0.3) is 0 Å². The fourth-order valence-electron chi connectivity index (χ4n) is 1.25. The normalized spacial score (nSPS) is 11.4. The molecule has 4 nitrogen and oxygen atoms in total. The van der Waals surface area contributed by atoms with Gasteiger partial charge in [-0.15, -0.1) is 13.2 Å². The van der Waals surface area contributed by atoms with E-state index in [1.807, 2.05) is 0 Å². The molecule has 0 fully saturated rings. The van der Waals surface area contributed by atoms with E-state index >= 15 is 0 Å². The molecule has 0 saturated heterocycles. The van der Waals surface area contributed by atoms with Gasteiger partial charge in [-0.1, -0.05) is 12.1 Å². The summed E-state index contributed by atoms with van der Waals surface area (Å²) in [5.74, 6) is -1.06. The first-order valence-corrected chi connectivity index (χ1v) is 5.73. The van der Waals surface area contributed by atoms with Gasteiger partial charge in [0.1, 0.15) is 6.61 Å². The number of rotatable bonds is 6. The predicted octanol–water partition coefficient (Wildman–Crippen LogP) is 3.08. The lowest BCUT2D eigenvalue weighted by Gasteiger charge is -2.12. The molecule has 0 N–H and O–H groups in total. The zero-order valence-electron chi connectivity index (χ0n) is 10.6. The van der Waals surface area contributed by atoms with E-state index in [1.165, 1.54) is 24.3 Å². The minimum atomic E-state index is -4.79. The number of halogens is 3. The summed E-state index contributed by atoms with van der Waals surface area (Å²) >= 11 is 0. The van der Waals surface area contributed by atoms with Crippen molar-refractivity contribution in [3.8, 4) is 11.5 Å². The van der Waals surface area contributed by atoms with E-state index in [9.17, 15) is 18.0 Å². The Morgan fingerprint density at radius 3 is 2.50 bits per heavy atom. The Labute approximate surface area is 113 Å². The lowest BCUT2D eigenvalue weighted by Crippen LogP contribution is -2.17. The second-order valence-electron chi connectivity index (χ2n) is 3.46. The maximum Gasteiger partial charge on any atom is 0.573 e. The van der Waals surface area contributed by atoms with E-state index in [1.54, 1.807) is 6.92 Å². The zero-order valence-corrected chi connectivity index (χ0v) is 10.6. The van der Waals surface area contributed by atoms with Gasteiger partial charge in [-0.2, -0.15) is 0 Å². The van der Waals surface area contributed by atoms with E-state index in [4.69, 9.17) is 4.74 Å². The zero-order chi connectivity index (χ0) is 15.0. The van der Waals surface area contributed by atoms with Crippen LogP contribution in [-0.2, 0) is 9.53 Å². The van der Waals surface area contributed by atoms with E-state index in [0.29, 0.717) is 0 Å². The molecule has 0 amide bonds. The average molecular weight is 290 g/mol. The van der Waals surface area contributed by atoms with Crippen molar-refractivity contribution in [3.05, 3.63) is 36.4 Å². The van der Waals surface area contributed by atoms with Crippen molar-refractivity contribution >= 4 is 5.97 Å². The first-order valence-electron chi connectivity index (χ1n) is 5.73. The molecule has 0 aliphatic carbocycles. The largest absolute Gasteiger partial charge is 0.573 e. The highest BCUT2D eigenvalue weighted by atomic mass is 19.4. The molecule has 0 aliphatic heterocycles. The number of para-hydroxylation sites is 2. The summed E-state index contributed by atoms with van der Waals surface area (Å²) in [7, 11) is 0. The molecule has 0 unspecified atom stereocenters. The summed E-state index contributed by atoms with van der Waals surface area (Å²) in [4.78, 5) is 11.0. The van der Waals surface area contributed by atoms with Crippen molar-refractivity contribution in [2.24, 2.45) is 0 Å². The van der Waals surface area contributed by atoms with Crippen LogP contribution in [0.1, 0.15) is 6.92 Å². The monoisotopic (exact) mass is 290 g/mol. The van der Waals surface area contributed by atoms with Gasteiger partial charge < -0.3 is 14.2 Å². The second-order valence-corrected chi connectivity index (χ2v) is 3.46. The highest BCUT2D eigenvalue weighted by Gasteiger charge is 2.32. The molecule has 0 saturated carbocycles. The summed E-state index contributed by atoms with van der Waals surface area (Å²) in [6.07, 6.45) is -2.32. The summed E-state index contributed by atoms with van der Waals surface area (Å²) in [5, 5.41) is 0. The van der Waals surface area contributed by atoms with Gasteiger partial charge in [-0.05, 0) is 25.1 Å². The number of hydrogen-bond acceptors (Lipinski definition) is 4. The van der Waals surface area contributed by atoms with Crippen LogP contribution >= 0.6 is 0 Å². The third-order valence-corrected chi connectivity index (χ3v) is 1.95.